The summed E-state index contributed by atoms with van der Waals surface area (Å²) in [5.41, 5.74) is 1.36. The molecule has 0 saturated heterocycles. The SMILES string of the molecule is CC(C)OC1CCCC(c2ccc(OCC3CC3C(=O)O)cc2)C1. The fraction of sp³-hybridized carbons (Fsp3) is 0.650. The summed E-state index contributed by atoms with van der Waals surface area (Å²) in [4.78, 5) is 10.8. The lowest BCUT2D eigenvalue weighted by Gasteiger charge is -2.30. The molecule has 2 aliphatic carbocycles. The van der Waals surface area contributed by atoms with Crippen molar-refractivity contribution < 1.29 is 19.4 Å². The number of carboxylic acid groups (broad SMARTS) is 1. The van der Waals surface area contributed by atoms with Crippen LogP contribution in [0.4, 0.5) is 0 Å². The molecule has 2 aliphatic rings. The molecule has 0 aliphatic heterocycles. The molecule has 4 atom stereocenters. The number of rotatable bonds is 7. The van der Waals surface area contributed by atoms with Crippen molar-refractivity contribution in [1.82, 2.24) is 0 Å². The third-order valence-corrected chi connectivity index (χ3v) is 5.15. The topological polar surface area (TPSA) is 55.8 Å². The highest BCUT2D eigenvalue weighted by atomic mass is 16.5. The van der Waals surface area contributed by atoms with Gasteiger partial charge in [-0.3, -0.25) is 4.79 Å². The van der Waals surface area contributed by atoms with E-state index in [0.29, 0.717) is 24.7 Å². The lowest BCUT2D eigenvalue weighted by atomic mass is 9.82. The first-order valence-electron chi connectivity index (χ1n) is 9.14. The van der Waals surface area contributed by atoms with E-state index in [1.54, 1.807) is 0 Å². The van der Waals surface area contributed by atoms with E-state index in [-0.39, 0.29) is 11.8 Å². The van der Waals surface area contributed by atoms with Crippen molar-refractivity contribution >= 4 is 5.97 Å². The molecule has 0 amide bonds. The first-order chi connectivity index (χ1) is 11.5. The molecule has 0 aromatic heterocycles. The predicted molar refractivity (Wildman–Crippen MR) is 92.4 cm³/mol. The Balaban J connectivity index is 1.50. The van der Waals surface area contributed by atoms with Crippen LogP contribution < -0.4 is 4.74 Å². The van der Waals surface area contributed by atoms with E-state index in [1.807, 2.05) is 12.1 Å². The van der Waals surface area contributed by atoms with Gasteiger partial charge in [0.25, 0.3) is 0 Å². The molecular formula is C20H28O4. The van der Waals surface area contributed by atoms with Crippen LogP contribution >= 0.6 is 0 Å². The number of aliphatic carboxylic acids is 1. The lowest BCUT2D eigenvalue weighted by molar-refractivity contribution is -0.138. The summed E-state index contributed by atoms with van der Waals surface area (Å²) in [7, 11) is 0. The van der Waals surface area contributed by atoms with Gasteiger partial charge >= 0.3 is 5.97 Å². The Kier molecular flexibility index (Phi) is 5.44. The monoisotopic (exact) mass is 332 g/mol. The van der Waals surface area contributed by atoms with Gasteiger partial charge in [0.1, 0.15) is 5.75 Å². The molecule has 4 nitrogen and oxygen atoms in total. The maximum Gasteiger partial charge on any atom is 0.306 e. The highest BCUT2D eigenvalue weighted by Gasteiger charge is 2.43. The van der Waals surface area contributed by atoms with Crippen LogP contribution in [0, 0.1) is 11.8 Å². The van der Waals surface area contributed by atoms with E-state index in [1.165, 1.54) is 24.8 Å². The van der Waals surface area contributed by atoms with Crippen molar-refractivity contribution in [2.24, 2.45) is 11.8 Å². The van der Waals surface area contributed by atoms with E-state index in [2.05, 4.69) is 26.0 Å². The highest BCUT2D eigenvalue weighted by molar-refractivity contribution is 5.73. The van der Waals surface area contributed by atoms with E-state index >= 15 is 0 Å². The molecule has 4 heteroatoms. The number of carbonyl (C=O) groups is 1. The number of hydrogen-bond donors (Lipinski definition) is 1. The molecule has 1 aromatic rings. The van der Waals surface area contributed by atoms with Crippen LogP contribution in [0.2, 0.25) is 0 Å². The van der Waals surface area contributed by atoms with Crippen LogP contribution in [0.15, 0.2) is 24.3 Å². The second-order valence-corrected chi connectivity index (χ2v) is 7.49. The third-order valence-electron chi connectivity index (χ3n) is 5.15. The molecule has 4 unspecified atom stereocenters. The van der Waals surface area contributed by atoms with Gasteiger partial charge in [-0.15, -0.1) is 0 Å². The van der Waals surface area contributed by atoms with Crippen molar-refractivity contribution in [1.29, 1.82) is 0 Å². The molecule has 2 saturated carbocycles. The Labute approximate surface area is 144 Å². The van der Waals surface area contributed by atoms with Gasteiger partial charge in [0.2, 0.25) is 0 Å². The molecule has 0 bridgehead atoms. The minimum Gasteiger partial charge on any atom is -0.493 e. The molecule has 1 N–H and O–H groups in total. The fourth-order valence-electron chi connectivity index (χ4n) is 3.73. The van der Waals surface area contributed by atoms with E-state index in [0.717, 1.165) is 18.6 Å². The molecular weight excluding hydrogens is 304 g/mol. The van der Waals surface area contributed by atoms with Gasteiger partial charge in [-0.05, 0) is 63.1 Å². The van der Waals surface area contributed by atoms with Gasteiger partial charge < -0.3 is 14.6 Å². The van der Waals surface area contributed by atoms with E-state index < -0.39 is 5.97 Å². The van der Waals surface area contributed by atoms with Crippen LogP contribution in [0.25, 0.3) is 0 Å². The minimum atomic E-state index is -0.700. The average Bonchev–Trinajstić information content (AvgIpc) is 3.33. The fourth-order valence-corrected chi connectivity index (χ4v) is 3.73. The quantitative estimate of drug-likeness (QED) is 0.811. The predicted octanol–water partition coefficient (Wildman–Crippen LogP) is 4.24. The Hall–Kier alpha value is -1.55. The van der Waals surface area contributed by atoms with Crippen molar-refractivity contribution in [2.75, 3.05) is 6.61 Å². The smallest absolute Gasteiger partial charge is 0.306 e. The van der Waals surface area contributed by atoms with Crippen LogP contribution in [0.3, 0.4) is 0 Å². The summed E-state index contributed by atoms with van der Waals surface area (Å²) < 4.78 is 11.7. The lowest BCUT2D eigenvalue weighted by Crippen LogP contribution is -2.24. The van der Waals surface area contributed by atoms with E-state index in [4.69, 9.17) is 14.6 Å². The third kappa shape index (κ3) is 4.50. The van der Waals surface area contributed by atoms with Gasteiger partial charge in [0, 0.05) is 5.92 Å². The maximum atomic E-state index is 10.8. The Bertz CT molecular complexity index is 551. The molecule has 0 radical (unpaired) electrons. The molecule has 24 heavy (non-hydrogen) atoms. The second kappa shape index (κ2) is 7.56. The van der Waals surface area contributed by atoms with Crippen LogP contribution in [0.5, 0.6) is 5.75 Å². The summed E-state index contributed by atoms with van der Waals surface area (Å²) in [5.74, 6) is 0.672. The van der Waals surface area contributed by atoms with Gasteiger partial charge in [0.05, 0.1) is 24.7 Å². The molecule has 3 rings (SSSR count). The molecule has 1 aromatic carbocycles. The normalized spacial score (nSPS) is 29.5. The number of carboxylic acids is 1. The minimum absolute atomic E-state index is 0.175. The van der Waals surface area contributed by atoms with Crippen LogP contribution in [-0.4, -0.2) is 29.9 Å². The van der Waals surface area contributed by atoms with Crippen molar-refractivity contribution in [3.8, 4) is 5.75 Å². The van der Waals surface area contributed by atoms with Gasteiger partial charge in [-0.25, -0.2) is 0 Å². The second-order valence-electron chi connectivity index (χ2n) is 7.49. The zero-order valence-corrected chi connectivity index (χ0v) is 14.6. The zero-order valence-electron chi connectivity index (χ0n) is 14.6. The van der Waals surface area contributed by atoms with Gasteiger partial charge in [-0.1, -0.05) is 18.6 Å². The van der Waals surface area contributed by atoms with Crippen LogP contribution in [-0.2, 0) is 9.53 Å². The van der Waals surface area contributed by atoms with Gasteiger partial charge in [0.15, 0.2) is 0 Å². The molecule has 0 heterocycles. The first-order valence-corrected chi connectivity index (χ1v) is 9.14. The highest BCUT2D eigenvalue weighted by Crippen LogP contribution is 2.39. The molecule has 132 valence electrons. The summed E-state index contributed by atoms with van der Waals surface area (Å²) in [5, 5.41) is 8.91. The summed E-state index contributed by atoms with van der Waals surface area (Å²) in [6.07, 6.45) is 6.12. The Morgan fingerprint density at radius 1 is 1.21 bits per heavy atom. The average molecular weight is 332 g/mol. The molecule has 0 spiro atoms. The summed E-state index contributed by atoms with van der Waals surface area (Å²) >= 11 is 0. The Morgan fingerprint density at radius 3 is 2.58 bits per heavy atom. The maximum absolute atomic E-state index is 10.8. The zero-order chi connectivity index (χ0) is 17.1. The van der Waals surface area contributed by atoms with Crippen molar-refractivity contribution in [3.63, 3.8) is 0 Å². The summed E-state index contributed by atoms with van der Waals surface area (Å²) in [6.45, 7) is 4.71. The number of hydrogen-bond acceptors (Lipinski definition) is 3. The van der Waals surface area contributed by atoms with Crippen LogP contribution in [0.1, 0.15) is 57.4 Å². The van der Waals surface area contributed by atoms with E-state index in [9.17, 15) is 4.79 Å². The largest absolute Gasteiger partial charge is 0.493 e. The Morgan fingerprint density at radius 2 is 1.96 bits per heavy atom. The standard InChI is InChI=1S/C20H28O4/c1-13(2)24-18-5-3-4-15(10-18)14-6-8-17(9-7-14)23-12-16-11-19(16)20(21)22/h6-9,13,15-16,18-19H,3-5,10-12H2,1-2H3,(H,21,22). The van der Waals surface area contributed by atoms with Crippen molar-refractivity contribution in [3.05, 3.63) is 29.8 Å². The number of benzene rings is 1. The van der Waals surface area contributed by atoms with Crippen molar-refractivity contribution in [2.45, 2.75) is 64.1 Å². The van der Waals surface area contributed by atoms with Gasteiger partial charge in [-0.2, -0.15) is 0 Å². The first kappa shape index (κ1) is 17.3. The number of ether oxygens (including phenoxy) is 2. The summed E-state index contributed by atoms with van der Waals surface area (Å²) in [6, 6.07) is 8.33. The molecule has 2 fully saturated rings.